The number of likely N-dealkylation sites (tertiary alicyclic amines) is 1. The van der Waals surface area contributed by atoms with Gasteiger partial charge in [-0.15, -0.1) is 11.3 Å². The van der Waals surface area contributed by atoms with Gasteiger partial charge in [0.25, 0.3) is 0 Å². The fraction of sp³-hybridized carbons (Fsp3) is 0.455. The Morgan fingerprint density at radius 3 is 2.93 bits per heavy atom. The van der Waals surface area contributed by atoms with Crippen molar-refractivity contribution in [3.63, 3.8) is 0 Å². The van der Waals surface area contributed by atoms with Gasteiger partial charge in [0.15, 0.2) is 5.13 Å². The lowest BCUT2D eigenvalue weighted by atomic mass is 10.0. The lowest BCUT2D eigenvalue weighted by Crippen LogP contribution is -2.33. The van der Waals surface area contributed by atoms with E-state index in [1.807, 2.05) is 36.6 Å². The van der Waals surface area contributed by atoms with Crippen LogP contribution in [0, 0.1) is 12.8 Å². The number of hydrogen-bond acceptors (Lipinski definition) is 7. The summed E-state index contributed by atoms with van der Waals surface area (Å²) in [4.78, 5) is 23.7. The number of rotatable bonds is 7. The first-order chi connectivity index (χ1) is 14.5. The van der Waals surface area contributed by atoms with Crippen LogP contribution in [0.3, 0.4) is 0 Å². The van der Waals surface area contributed by atoms with Gasteiger partial charge in [0.2, 0.25) is 17.6 Å². The summed E-state index contributed by atoms with van der Waals surface area (Å²) in [5.74, 6) is 1.65. The number of nitrogens with one attached hydrogen (secondary N) is 1. The summed E-state index contributed by atoms with van der Waals surface area (Å²) in [6.07, 6.45) is 3.22. The Labute approximate surface area is 180 Å². The zero-order chi connectivity index (χ0) is 20.9. The van der Waals surface area contributed by atoms with E-state index in [-0.39, 0.29) is 12.3 Å². The Kier molecular flexibility index (Phi) is 6.54. The summed E-state index contributed by atoms with van der Waals surface area (Å²) in [7, 11) is 0. The molecule has 1 fully saturated rings. The van der Waals surface area contributed by atoms with Crippen LogP contribution < -0.4 is 5.32 Å². The standard InChI is InChI=1S/C22H27N5O2S/c1-15-5-7-17(8-6-15)21-25-20(29-26-21)10-9-19(28)24-22-23-18(14-30-22)13-27-11-3-4-16(2)12-27/h5-8,14,16H,3-4,9-13H2,1-2H3,(H,23,24,28). The fourth-order valence-electron chi connectivity index (χ4n) is 3.67. The van der Waals surface area contributed by atoms with Gasteiger partial charge in [-0.3, -0.25) is 9.69 Å². The lowest BCUT2D eigenvalue weighted by Gasteiger charge is -2.30. The van der Waals surface area contributed by atoms with Gasteiger partial charge in [-0.25, -0.2) is 4.98 Å². The molecule has 1 aromatic carbocycles. The highest BCUT2D eigenvalue weighted by molar-refractivity contribution is 7.13. The van der Waals surface area contributed by atoms with E-state index in [1.54, 1.807) is 0 Å². The van der Waals surface area contributed by atoms with E-state index >= 15 is 0 Å². The van der Waals surface area contributed by atoms with Crippen LogP contribution in [0.4, 0.5) is 5.13 Å². The summed E-state index contributed by atoms with van der Waals surface area (Å²) >= 11 is 1.47. The second-order valence-electron chi connectivity index (χ2n) is 8.05. The second kappa shape index (κ2) is 9.49. The van der Waals surface area contributed by atoms with Crippen molar-refractivity contribution in [2.45, 2.75) is 46.1 Å². The Morgan fingerprint density at radius 1 is 1.30 bits per heavy atom. The summed E-state index contributed by atoms with van der Waals surface area (Å²) in [6.45, 7) is 7.42. The molecule has 0 spiro atoms. The van der Waals surface area contributed by atoms with Crippen LogP contribution in [0.25, 0.3) is 11.4 Å². The van der Waals surface area contributed by atoms with Gasteiger partial charge in [0, 0.05) is 36.9 Å². The van der Waals surface area contributed by atoms with E-state index in [4.69, 9.17) is 4.52 Å². The number of carbonyl (C=O) groups is 1. The van der Waals surface area contributed by atoms with Crippen LogP contribution in [0.5, 0.6) is 0 Å². The minimum Gasteiger partial charge on any atom is -0.339 e. The molecule has 30 heavy (non-hydrogen) atoms. The van der Waals surface area contributed by atoms with Crippen LogP contribution in [0.15, 0.2) is 34.2 Å². The number of anilines is 1. The average Bonchev–Trinajstić information content (AvgIpc) is 3.37. The number of carbonyl (C=O) groups excluding carboxylic acids is 1. The number of thiazole rings is 1. The number of benzene rings is 1. The summed E-state index contributed by atoms with van der Waals surface area (Å²) in [6, 6.07) is 7.93. The molecule has 2 aromatic heterocycles. The van der Waals surface area contributed by atoms with Crippen molar-refractivity contribution in [3.8, 4) is 11.4 Å². The first kappa shape index (κ1) is 20.7. The summed E-state index contributed by atoms with van der Waals surface area (Å²) in [5, 5.41) is 9.57. The average molecular weight is 426 g/mol. The van der Waals surface area contributed by atoms with Crippen LogP contribution in [-0.2, 0) is 17.8 Å². The fourth-order valence-corrected chi connectivity index (χ4v) is 4.39. The monoisotopic (exact) mass is 425 g/mol. The van der Waals surface area contributed by atoms with Crippen LogP contribution in [0.2, 0.25) is 0 Å². The molecule has 0 saturated carbocycles. The van der Waals surface area contributed by atoms with E-state index < -0.39 is 0 Å². The molecule has 8 heteroatoms. The predicted molar refractivity (Wildman–Crippen MR) is 117 cm³/mol. The number of aryl methyl sites for hydroxylation is 2. The summed E-state index contributed by atoms with van der Waals surface area (Å²) in [5.41, 5.74) is 3.09. The number of nitrogens with zero attached hydrogens (tertiary/aromatic N) is 4. The van der Waals surface area contributed by atoms with Gasteiger partial charge >= 0.3 is 0 Å². The van der Waals surface area contributed by atoms with Gasteiger partial charge in [0.1, 0.15) is 0 Å². The Bertz CT molecular complexity index is 982. The molecule has 0 radical (unpaired) electrons. The first-order valence-corrected chi connectivity index (χ1v) is 11.3. The Hall–Kier alpha value is -2.58. The molecule has 1 saturated heterocycles. The van der Waals surface area contributed by atoms with Gasteiger partial charge < -0.3 is 9.84 Å². The minimum absolute atomic E-state index is 0.0995. The van der Waals surface area contributed by atoms with E-state index in [2.05, 4.69) is 32.3 Å². The van der Waals surface area contributed by atoms with E-state index in [0.717, 1.165) is 36.8 Å². The van der Waals surface area contributed by atoms with Crippen LogP contribution in [0.1, 0.15) is 43.3 Å². The van der Waals surface area contributed by atoms with Crippen molar-refractivity contribution in [1.29, 1.82) is 0 Å². The van der Waals surface area contributed by atoms with E-state index in [9.17, 15) is 4.79 Å². The molecule has 0 aliphatic carbocycles. The lowest BCUT2D eigenvalue weighted by molar-refractivity contribution is -0.116. The van der Waals surface area contributed by atoms with Crippen molar-refractivity contribution in [2.24, 2.45) is 5.92 Å². The molecule has 0 bridgehead atoms. The minimum atomic E-state index is -0.0995. The topological polar surface area (TPSA) is 84.2 Å². The van der Waals surface area contributed by atoms with Gasteiger partial charge in [-0.05, 0) is 32.2 Å². The van der Waals surface area contributed by atoms with Crippen molar-refractivity contribution in [3.05, 3.63) is 46.8 Å². The van der Waals surface area contributed by atoms with Crippen molar-refractivity contribution >= 4 is 22.4 Å². The van der Waals surface area contributed by atoms with Crippen molar-refractivity contribution in [2.75, 3.05) is 18.4 Å². The van der Waals surface area contributed by atoms with Gasteiger partial charge in [0.05, 0.1) is 5.69 Å². The molecule has 1 atom stereocenters. The van der Waals surface area contributed by atoms with Gasteiger partial charge in [-0.1, -0.05) is 41.9 Å². The van der Waals surface area contributed by atoms with Crippen LogP contribution >= 0.6 is 11.3 Å². The number of hydrogen-bond donors (Lipinski definition) is 1. The second-order valence-corrected chi connectivity index (χ2v) is 8.91. The Morgan fingerprint density at radius 2 is 2.13 bits per heavy atom. The van der Waals surface area contributed by atoms with Crippen molar-refractivity contribution in [1.82, 2.24) is 20.0 Å². The third kappa shape index (κ3) is 5.52. The maximum absolute atomic E-state index is 12.3. The molecule has 1 N–H and O–H groups in total. The van der Waals surface area contributed by atoms with Gasteiger partial charge in [-0.2, -0.15) is 4.98 Å². The highest BCUT2D eigenvalue weighted by Crippen LogP contribution is 2.21. The third-order valence-electron chi connectivity index (χ3n) is 5.27. The maximum Gasteiger partial charge on any atom is 0.227 e. The van der Waals surface area contributed by atoms with E-state index in [0.29, 0.717) is 23.3 Å². The number of aromatic nitrogens is 3. The first-order valence-electron chi connectivity index (χ1n) is 10.4. The molecular weight excluding hydrogens is 398 g/mol. The Balaban J connectivity index is 1.25. The highest BCUT2D eigenvalue weighted by Gasteiger charge is 2.18. The zero-order valence-electron chi connectivity index (χ0n) is 17.4. The summed E-state index contributed by atoms with van der Waals surface area (Å²) < 4.78 is 5.29. The third-order valence-corrected chi connectivity index (χ3v) is 6.08. The molecule has 3 heterocycles. The highest BCUT2D eigenvalue weighted by atomic mass is 32.1. The quantitative estimate of drug-likeness (QED) is 0.607. The molecule has 1 aliphatic heterocycles. The van der Waals surface area contributed by atoms with E-state index in [1.165, 1.54) is 29.7 Å². The molecule has 1 aliphatic rings. The molecule has 3 aromatic rings. The smallest absolute Gasteiger partial charge is 0.227 e. The SMILES string of the molecule is Cc1ccc(-c2noc(CCC(=O)Nc3nc(CN4CCCC(C)C4)cs3)n2)cc1. The number of amides is 1. The molecule has 158 valence electrons. The largest absolute Gasteiger partial charge is 0.339 e. The predicted octanol–water partition coefficient (Wildman–Crippen LogP) is 4.30. The maximum atomic E-state index is 12.3. The number of piperidine rings is 1. The molecule has 1 amide bonds. The molecule has 1 unspecified atom stereocenters. The molecule has 7 nitrogen and oxygen atoms in total. The molecule has 4 rings (SSSR count). The zero-order valence-corrected chi connectivity index (χ0v) is 18.2. The molecular formula is C22H27N5O2S. The van der Waals surface area contributed by atoms with Crippen molar-refractivity contribution < 1.29 is 9.32 Å². The van der Waals surface area contributed by atoms with Crippen LogP contribution in [-0.4, -0.2) is 39.0 Å². The normalized spacial score (nSPS) is 17.2.